The monoisotopic (exact) mass is 193 g/mol. The first-order valence-electron chi connectivity index (χ1n) is 4.04. The summed E-state index contributed by atoms with van der Waals surface area (Å²) in [4.78, 5) is -0.881. The van der Waals surface area contributed by atoms with E-state index in [1.807, 2.05) is 24.3 Å². The van der Waals surface area contributed by atoms with E-state index >= 15 is 0 Å². The summed E-state index contributed by atoms with van der Waals surface area (Å²) in [6.07, 6.45) is 0.557. The van der Waals surface area contributed by atoms with Crippen LogP contribution in [0.3, 0.4) is 0 Å². The van der Waals surface area contributed by atoms with E-state index < -0.39 is 4.87 Å². The Morgan fingerprint density at radius 3 is 3.00 bits per heavy atom. The van der Waals surface area contributed by atoms with E-state index in [1.54, 1.807) is 0 Å². The van der Waals surface area contributed by atoms with Gasteiger partial charge in [-0.15, -0.1) is 0 Å². The highest BCUT2D eigenvalue weighted by Crippen LogP contribution is 2.32. The third-order valence-corrected chi connectivity index (χ3v) is 2.43. The van der Waals surface area contributed by atoms with Crippen LogP contribution in [0.5, 0.6) is 5.75 Å². The number of nitriles is 1. The maximum atomic E-state index is 8.81. The van der Waals surface area contributed by atoms with Crippen molar-refractivity contribution in [3.05, 3.63) is 29.8 Å². The number of fused-ring (bicyclic) bond motifs is 1. The molecular weight excluding hydrogens is 186 g/mol. The Labute approximate surface area is 81.7 Å². The SMILES string of the molecule is N#CC1(Cl)COc2ccccc2C1. The molecule has 1 aromatic rings. The topological polar surface area (TPSA) is 33.0 Å². The molecule has 0 saturated carbocycles. The second-order valence-electron chi connectivity index (χ2n) is 3.15. The van der Waals surface area contributed by atoms with E-state index in [0.717, 1.165) is 11.3 Å². The Hall–Kier alpha value is -1.20. The molecule has 1 atom stereocenters. The molecule has 66 valence electrons. The zero-order valence-corrected chi connectivity index (χ0v) is 7.71. The maximum absolute atomic E-state index is 8.81. The van der Waals surface area contributed by atoms with E-state index in [1.165, 1.54) is 0 Å². The molecule has 0 spiro atoms. The van der Waals surface area contributed by atoms with Crippen molar-refractivity contribution in [3.63, 3.8) is 0 Å². The lowest BCUT2D eigenvalue weighted by molar-refractivity contribution is 0.266. The predicted molar refractivity (Wildman–Crippen MR) is 49.8 cm³/mol. The predicted octanol–water partition coefficient (Wildman–Crippen LogP) is 2.12. The van der Waals surface area contributed by atoms with Crippen LogP contribution in [-0.2, 0) is 6.42 Å². The minimum absolute atomic E-state index is 0.266. The van der Waals surface area contributed by atoms with E-state index in [0.29, 0.717) is 6.42 Å². The van der Waals surface area contributed by atoms with Gasteiger partial charge < -0.3 is 4.74 Å². The van der Waals surface area contributed by atoms with Crippen molar-refractivity contribution < 1.29 is 4.74 Å². The summed E-state index contributed by atoms with van der Waals surface area (Å²) >= 11 is 6.00. The third kappa shape index (κ3) is 1.48. The fourth-order valence-electron chi connectivity index (χ4n) is 1.41. The number of ether oxygens (including phenoxy) is 1. The van der Waals surface area contributed by atoms with Gasteiger partial charge in [0.25, 0.3) is 0 Å². The van der Waals surface area contributed by atoms with Crippen molar-refractivity contribution in [2.24, 2.45) is 0 Å². The third-order valence-electron chi connectivity index (χ3n) is 2.10. The summed E-state index contributed by atoms with van der Waals surface area (Å²) in [5.74, 6) is 0.842. The lowest BCUT2D eigenvalue weighted by atomic mass is 9.97. The number of benzene rings is 1. The van der Waals surface area contributed by atoms with Crippen molar-refractivity contribution in [2.45, 2.75) is 11.3 Å². The van der Waals surface area contributed by atoms with Crippen LogP contribution in [0.15, 0.2) is 24.3 Å². The molecule has 2 nitrogen and oxygen atoms in total. The van der Waals surface area contributed by atoms with Gasteiger partial charge in [-0.25, -0.2) is 0 Å². The Morgan fingerprint density at radius 2 is 2.23 bits per heavy atom. The van der Waals surface area contributed by atoms with Gasteiger partial charge in [0.1, 0.15) is 12.4 Å². The van der Waals surface area contributed by atoms with Crippen molar-refractivity contribution in [1.82, 2.24) is 0 Å². The summed E-state index contributed by atoms with van der Waals surface area (Å²) < 4.78 is 5.38. The molecular formula is C10H8ClNO. The first kappa shape index (κ1) is 8.40. The number of rotatable bonds is 0. The quantitative estimate of drug-likeness (QED) is 0.592. The van der Waals surface area contributed by atoms with Crippen LogP contribution in [0.4, 0.5) is 0 Å². The number of hydrogen-bond acceptors (Lipinski definition) is 2. The smallest absolute Gasteiger partial charge is 0.168 e. The van der Waals surface area contributed by atoms with Gasteiger partial charge >= 0.3 is 0 Å². The summed E-state index contributed by atoms with van der Waals surface area (Å²) in [5, 5.41) is 8.81. The molecule has 0 radical (unpaired) electrons. The number of hydrogen-bond donors (Lipinski definition) is 0. The number of alkyl halides is 1. The van der Waals surface area contributed by atoms with Crippen molar-refractivity contribution in [3.8, 4) is 11.8 Å². The largest absolute Gasteiger partial charge is 0.490 e. The van der Waals surface area contributed by atoms with E-state index in [4.69, 9.17) is 21.6 Å². The molecule has 0 aliphatic carbocycles. The summed E-state index contributed by atoms with van der Waals surface area (Å²) in [7, 11) is 0. The highest BCUT2D eigenvalue weighted by Gasteiger charge is 2.33. The van der Waals surface area contributed by atoms with Crippen molar-refractivity contribution in [1.29, 1.82) is 5.26 Å². The average molecular weight is 194 g/mol. The van der Waals surface area contributed by atoms with Crippen LogP contribution >= 0.6 is 11.6 Å². The molecule has 0 bridgehead atoms. The van der Waals surface area contributed by atoms with E-state index in [9.17, 15) is 0 Å². The normalized spacial score (nSPS) is 25.5. The van der Waals surface area contributed by atoms with Gasteiger partial charge in [-0.05, 0) is 11.6 Å². The van der Waals surface area contributed by atoms with Crippen LogP contribution < -0.4 is 4.74 Å². The molecule has 0 saturated heterocycles. The molecule has 1 aromatic carbocycles. The highest BCUT2D eigenvalue weighted by molar-refractivity contribution is 6.26. The van der Waals surface area contributed by atoms with Gasteiger partial charge in [0, 0.05) is 6.42 Å². The Bertz CT molecular complexity index is 371. The second-order valence-corrected chi connectivity index (χ2v) is 3.87. The zero-order valence-electron chi connectivity index (χ0n) is 6.96. The molecule has 3 heteroatoms. The van der Waals surface area contributed by atoms with Gasteiger partial charge in [-0.3, -0.25) is 0 Å². The van der Waals surface area contributed by atoms with Gasteiger partial charge in [0.2, 0.25) is 0 Å². The summed E-state index contributed by atoms with van der Waals surface area (Å²) in [6, 6.07) is 9.72. The summed E-state index contributed by atoms with van der Waals surface area (Å²) in [6.45, 7) is 0.266. The van der Waals surface area contributed by atoms with Crippen LogP contribution in [0.1, 0.15) is 5.56 Å². The lowest BCUT2D eigenvalue weighted by Gasteiger charge is -2.26. The van der Waals surface area contributed by atoms with Crippen LogP contribution in [0, 0.1) is 11.3 Å². The molecule has 0 N–H and O–H groups in total. The molecule has 1 aliphatic heterocycles. The summed E-state index contributed by atoms with van der Waals surface area (Å²) in [5.41, 5.74) is 1.00. The fraction of sp³-hybridized carbons (Fsp3) is 0.300. The number of halogens is 1. The highest BCUT2D eigenvalue weighted by atomic mass is 35.5. The van der Waals surface area contributed by atoms with Gasteiger partial charge in [-0.1, -0.05) is 29.8 Å². The molecule has 1 heterocycles. The molecule has 0 fully saturated rings. The number of para-hydroxylation sites is 1. The first-order chi connectivity index (χ1) is 6.23. The van der Waals surface area contributed by atoms with Crippen LogP contribution in [0.2, 0.25) is 0 Å². The van der Waals surface area contributed by atoms with E-state index in [-0.39, 0.29) is 6.61 Å². The first-order valence-corrected chi connectivity index (χ1v) is 4.42. The zero-order chi connectivity index (χ0) is 9.31. The Morgan fingerprint density at radius 1 is 1.46 bits per heavy atom. The van der Waals surface area contributed by atoms with Crippen molar-refractivity contribution >= 4 is 11.6 Å². The molecule has 2 rings (SSSR count). The minimum atomic E-state index is -0.881. The van der Waals surface area contributed by atoms with Crippen LogP contribution in [-0.4, -0.2) is 11.5 Å². The fourth-order valence-corrected chi connectivity index (χ4v) is 1.61. The number of nitrogens with zero attached hydrogens (tertiary/aromatic N) is 1. The second kappa shape index (κ2) is 2.93. The van der Waals surface area contributed by atoms with Crippen molar-refractivity contribution in [2.75, 3.05) is 6.61 Å². The van der Waals surface area contributed by atoms with Crippen LogP contribution in [0.25, 0.3) is 0 Å². The molecule has 1 unspecified atom stereocenters. The lowest BCUT2D eigenvalue weighted by Crippen LogP contribution is -2.34. The van der Waals surface area contributed by atoms with E-state index in [2.05, 4.69) is 6.07 Å². The van der Waals surface area contributed by atoms with Gasteiger partial charge in [0.05, 0.1) is 6.07 Å². The Balaban J connectivity index is 2.36. The molecule has 1 aliphatic rings. The molecule has 13 heavy (non-hydrogen) atoms. The standard InChI is InChI=1S/C10H8ClNO/c11-10(6-12)5-8-3-1-2-4-9(8)13-7-10/h1-4H,5,7H2. The maximum Gasteiger partial charge on any atom is 0.168 e. The minimum Gasteiger partial charge on any atom is -0.490 e. The van der Waals surface area contributed by atoms with Gasteiger partial charge in [-0.2, -0.15) is 5.26 Å². The molecule has 0 aromatic heterocycles. The molecule has 0 amide bonds. The Kier molecular flexibility index (Phi) is 1.90. The van der Waals surface area contributed by atoms with Gasteiger partial charge in [0.15, 0.2) is 4.87 Å². The average Bonchev–Trinajstić information content (AvgIpc) is 2.18.